The fourth-order valence-electron chi connectivity index (χ4n) is 1.50. The molecular formula is C16H23NO4. The molecule has 1 aromatic rings. The molecule has 5 nitrogen and oxygen atoms in total. The third-order valence-electron chi connectivity index (χ3n) is 2.73. The lowest BCUT2D eigenvalue weighted by molar-refractivity contribution is -0.112. The number of hydrogen-bond donors (Lipinski definition) is 2. The Hall–Kier alpha value is -1.85. The lowest BCUT2D eigenvalue weighted by Gasteiger charge is -2.22. The van der Waals surface area contributed by atoms with Gasteiger partial charge in [-0.05, 0) is 26.0 Å². The maximum absolute atomic E-state index is 10.8. The maximum Gasteiger partial charge on any atom is 0.161 e. The number of hydrogen-bond acceptors (Lipinski definition) is 5. The molecular weight excluding hydrogens is 270 g/mol. The second-order valence-corrected chi connectivity index (χ2v) is 5.23. The van der Waals surface area contributed by atoms with Gasteiger partial charge in [0.15, 0.2) is 11.5 Å². The zero-order chi connectivity index (χ0) is 15.7. The molecule has 0 aliphatic rings. The number of carbonyl (C=O) groups is 1. The van der Waals surface area contributed by atoms with E-state index in [9.17, 15) is 9.90 Å². The summed E-state index contributed by atoms with van der Waals surface area (Å²) >= 11 is 0. The molecule has 116 valence electrons. The zero-order valence-electron chi connectivity index (χ0n) is 12.5. The van der Waals surface area contributed by atoms with Gasteiger partial charge >= 0.3 is 0 Å². The van der Waals surface area contributed by atoms with Crippen LogP contribution in [0.2, 0.25) is 0 Å². The Balaban J connectivity index is 2.47. The number of ether oxygens (including phenoxy) is 2. The molecule has 0 aliphatic carbocycles. The van der Waals surface area contributed by atoms with Crippen molar-refractivity contribution in [3.8, 4) is 11.5 Å². The van der Waals surface area contributed by atoms with Crippen LogP contribution in [0.4, 0.5) is 0 Å². The first-order valence-electron chi connectivity index (χ1n) is 6.83. The van der Waals surface area contributed by atoms with Crippen LogP contribution in [0.25, 0.3) is 0 Å². The Morgan fingerprint density at radius 2 is 1.95 bits per heavy atom. The van der Waals surface area contributed by atoms with E-state index in [0.717, 1.165) is 6.29 Å². The highest BCUT2D eigenvalue weighted by atomic mass is 16.5. The van der Waals surface area contributed by atoms with Crippen LogP contribution in [0.3, 0.4) is 0 Å². The molecule has 0 fully saturated rings. The molecule has 1 aromatic carbocycles. The van der Waals surface area contributed by atoms with E-state index in [-0.39, 0.29) is 13.2 Å². The van der Waals surface area contributed by atoms with E-state index in [2.05, 4.69) is 11.9 Å². The first kappa shape index (κ1) is 17.2. The van der Waals surface area contributed by atoms with Crippen LogP contribution in [0.1, 0.15) is 13.8 Å². The summed E-state index contributed by atoms with van der Waals surface area (Å²) in [6.45, 7) is 7.84. The summed E-state index contributed by atoms with van der Waals surface area (Å²) in [6, 6.07) is 7.24. The van der Waals surface area contributed by atoms with E-state index in [0.29, 0.717) is 18.1 Å². The van der Waals surface area contributed by atoms with Crippen LogP contribution < -0.4 is 14.8 Å². The molecule has 0 heterocycles. The zero-order valence-corrected chi connectivity index (χ0v) is 12.5. The molecule has 5 heteroatoms. The molecule has 0 aliphatic heterocycles. The SMILES string of the molecule is C=CCOc1ccccc1OCC(O)CNC(C)(C)C=O. The molecule has 1 unspecified atom stereocenters. The lowest BCUT2D eigenvalue weighted by Crippen LogP contribution is -2.45. The van der Waals surface area contributed by atoms with Gasteiger partial charge in [-0.2, -0.15) is 0 Å². The Labute approximate surface area is 125 Å². The summed E-state index contributed by atoms with van der Waals surface area (Å²) in [4.78, 5) is 10.8. The molecule has 0 saturated carbocycles. The quantitative estimate of drug-likeness (QED) is 0.506. The van der Waals surface area contributed by atoms with E-state index in [1.165, 1.54) is 0 Å². The number of β-amino-alcohol motifs (C(OH)–C–C–N with tert-alkyl or cyclic N) is 1. The Morgan fingerprint density at radius 1 is 1.33 bits per heavy atom. The predicted octanol–water partition coefficient (Wildman–Crippen LogP) is 1.56. The Kier molecular flexibility index (Phi) is 6.91. The summed E-state index contributed by atoms with van der Waals surface area (Å²) in [6.07, 6.45) is 1.73. The van der Waals surface area contributed by atoms with Crippen molar-refractivity contribution in [2.45, 2.75) is 25.5 Å². The minimum absolute atomic E-state index is 0.108. The molecule has 0 radical (unpaired) electrons. The van der Waals surface area contributed by atoms with E-state index < -0.39 is 11.6 Å². The first-order chi connectivity index (χ1) is 9.98. The van der Waals surface area contributed by atoms with Gasteiger partial charge in [-0.15, -0.1) is 0 Å². The lowest BCUT2D eigenvalue weighted by atomic mass is 10.1. The van der Waals surface area contributed by atoms with Gasteiger partial charge in [0.05, 0.1) is 5.54 Å². The monoisotopic (exact) mass is 293 g/mol. The van der Waals surface area contributed by atoms with Gasteiger partial charge in [-0.3, -0.25) is 0 Å². The number of carbonyl (C=O) groups excluding carboxylic acids is 1. The topological polar surface area (TPSA) is 67.8 Å². The standard InChI is InChI=1S/C16H23NO4/c1-4-9-20-14-7-5-6-8-15(14)21-11-13(19)10-17-16(2,3)12-18/h4-8,12-13,17,19H,1,9-11H2,2-3H3. The second kappa shape index (κ2) is 8.44. The maximum atomic E-state index is 10.8. The van der Waals surface area contributed by atoms with Crippen molar-refractivity contribution in [1.82, 2.24) is 5.32 Å². The average Bonchev–Trinajstić information content (AvgIpc) is 2.49. The molecule has 0 bridgehead atoms. The summed E-state index contributed by atoms with van der Waals surface area (Å²) in [5, 5.41) is 12.8. The van der Waals surface area contributed by atoms with Gasteiger partial charge < -0.3 is 24.7 Å². The van der Waals surface area contributed by atoms with Gasteiger partial charge in [0, 0.05) is 6.54 Å². The molecule has 2 N–H and O–H groups in total. The fraction of sp³-hybridized carbons (Fsp3) is 0.438. The summed E-state index contributed by atoms with van der Waals surface area (Å²) in [5.41, 5.74) is -0.661. The smallest absolute Gasteiger partial charge is 0.161 e. The third-order valence-corrected chi connectivity index (χ3v) is 2.73. The summed E-state index contributed by atoms with van der Waals surface area (Å²) < 4.78 is 11.0. The number of para-hydroxylation sites is 2. The number of aliphatic hydroxyl groups is 1. The molecule has 0 spiro atoms. The fourth-order valence-corrected chi connectivity index (χ4v) is 1.50. The van der Waals surface area contributed by atoms with Crippen LogP contribution in [0, 0.1) is 0 Å². The summed E-state index contributed by atoms with van der Waals surface area (Å²) in [7, 11) is 0. The number of aliphatic hydroxyl groups excluding tert-OH is 1. The van der Waals surface area contributed by atoms with E-state index in [4.69, 9.17) is 9.47 Å². The largest absolute Gasteiger partial charge is 0.487 e. The molecule has 0 aromatic heterocycles. The highest BCUT2D eigenvalue weighted by molar-refractivity contribution is 5.62. The molecule has 0 saturated heterocycles. The van der Waals surface area contributed by atoms with Crippen molar-refractivity contribution in [2.75, 3.05) is 19.8 Å². The van der Waals surface area contributed by atoms with Crippen LogP contribution in [0.5, 0.6) is 11.5 Å². The molecule has 21 heavy (non-hydrogen) atoms. The van der Waals surface area contributed by atoms with Crippen molar-refractivity contribution in [1.29, 1.82) is 0 Å². The van der Waals surface area contributed by atoms with Gasteiger partial charge in [-0.25, -0.2) is 0 Å². The van der Waals surface area contributed by atoms with Gasteiger partial charge in [-0.1, -0.05) is 24.8 Å². The third kappa shape index (κ3) is 6.42. The van der Waals surface area contributed by atoms with Gasteiger partial charge in [0.2, 0.25) is 0 Å². The van der Waals surface area contributed by atoms with Crippen LogP contribution in [-0.2, 0) is 4.79 Å². The van der Waals surface area contributed by atoms with E-state index in [1.807, 2.05) is 12.1 Å². The van der Waals surface area contributed by atoms with Crippen LogP contribution >= 0.6 is 0 Å². The van der Waals surface area contributed by atoms with Crippen LogP contribution in [-0.4, -0.2) is 42.8 Å². The number of nitrogens with one attached hydrogen (secondary N) is 1. The second-order valence-electron chi connectivity index (χ2n) is 5.23. The summed E-state index contributed by atoms with van der Waals surface area (Å²) in [5.74, 6) is 1.17. The first-order valence-corrected chi connectivity index (χ1v) is 6.83. The number of benzene rings is 1. The van der Waals surface area contributed by atoms with Gasteiger partial charge in [0.25, 0.3) is 0 Å². The predicted molar refractivity (Wildman–Crippen MR) is 81.8 cm³/mol. The van der Waals surface area contributed by atoms with Crippen molar-refractivity contribution in [3.63, 3.8) is 0 Å². The van der Waals surface area contributed by atoms with Crippen molar-refractivity contribution >= 4 is 6.29 Å². The van der Waals surface area contributed by atoms with E-state index in [1.54, 1.807) is 32.1 Å². The Morgan fingerprint density at radius 3 is 2.52 bits per heavy atom. The molecule has 0 amide bonds. The van der Waals surface area contributed by atoms with Crippen molar-refractivity contribution in [3.05, 3.63) is 36.9 Å². The minimum Gasteiger partial charge on any atom is -0.487 e. The number of aldehydes is 1. The van der Waals surface area contributed by atoms with E-state index >= 15 is 0 Å². The number of rotatable bonds is 10. The Bertz CT molecular complexity index is 459. The normalized spacial score (nSPS) is 12.5. The highest BCUT2D eigenvalue weighted by Gasteiger charge is 2.17. The highest BCUT2D eigenvalue weighted by Crippen LogP contribution is 2.26. The van der Waals surface area contributed by atoms with Crippen molar-refractivity contribution in [2.24, 2.45) is 0 Å². The molecule has 1 atom stereocenters. The minimum atomic E-state index is -0.725. The van der Waals surface area contributed by atoms with Gasteiger partial charge in [0.1, 0.15) is 25.6 Å². The van der Waals surface area contributed by atoms with Crippen LogP contribution in [0.15, 0.2) is 36.9 Å². The molecule has 1 rings (SSSR count). The average molecular weight is 293 g/mol. The van der Waals surface area contributed by atoms with Crippen molar-refractivity contribution < 1.29 is 19.4 Å².